The van der Waals surface area contributed by atoms with Gasteiger partial charge in [-0.25, -0.2) is 0 Å². The molecule has 0 fully saturated rings. The first-order chi connectivity index (χ1) is 12.7. The molecule has 0 atom stereocenters. The number of benzene rings is 2. The standard InChI is InChI=1S/C19H22N2O5/c1-4-25-17-10-9-14(11-18(17)24-3)12-20-26-13-19(22)21-15-7-5-6-8-16(15)23-2/h5-12H,4,13H2,1-3H3,(H,21,22). The number of rotatable bonds is 9. The number of oxime groups is 1. The number of hydrogen-bond donors (Lipinski definition) is 1. The van der Waals surface area contributed by atoms with Gasteiger partial charge in [-0.15, -0.1) is 0 Å². The van der Waals surface area contributed by atoms with Crippen LogP contribution in [0.15, 0.2) is 47.6 Å². The van der Waals surface area contributed by atoms with E-state index in [4.69, 9.17) is 19.0 Å². The summed E-state index contributed by atoms with van der Waals surface area (Å²) in [5.74, 6) is 1.50. The van der Waals surface area contributed by atoms with Gasteiger partial charge in [0.25, 0.3) is 5.91 Å². The molecule has 138 valence electrons. The Labute approximate surface area is 152 Å². The second-order valence-electron chi connectivity index (χ2n) is 5.10. The van der Waals surface area contributed by atoms with Crippen molar-refractivity contribution in [3.05, 3.63) is 48.0 Å². The van der Waals surface area contributed by atoms with Gasteiger partial charge in [0, 0.05) is 5.56 Å². The molecule has 0 heterocycles. The molecule has 0 aliphatic rings. The molecule has 2 rings (SSSR count). The summed E-state index contributed by atoms with van der Waals surface area (Å²) in [7, 11) is 3.11. The fraction of sp³-hybridized carbons (Fsp3) is 0.263. The van der Waals surface area contributed by atoms with Gasteiger partial charge < -0.3 is 24.4 Å². The van der Waals surface area contributed by atoms with Crippen LogP contribution in [0.3, 0.4) is 0 Å². The minimum atomic E-state index is -0.337. The Bertz CT molecular complexity index is 761. The average Bonchev–Trinajstić information content (AvgIpc) is 2.66. The molecule has 0 aliphatic carbocycles. The van der Waals surface area contributed by atoms with Crippen LogP contribution < -0.4 is 19.5 Å². The van der Waals surface area contributed by atoms with E-state index in [9.17, 15) is 4.79 Å². The van der Waals surface area contributed by atoms with Crippen molar-refractivity contribution in [2.45, 2.75) is 6.92 Å². The molecule has 0 bridgehead atoms. The van der Waals surface area contributed by atoms with E-state index in [1.165, 1.54) is 13.3 Å². The Kier molecular flexibility index (Phi) is 7.30. The summed E-state index contributed by atoms with van der Waals surface area (Å²) < 4.78 is 15.9. The van der Waals surface area contributed by atoms with Crippen molar-refractivity contribution in [1.82, 2.24) is 0 Å². The third-order valence-electron chi connectivity index (χ3n) is 3.34. The van der Waals surface area contributed by atoms with E-state index in [0.717, 1.165) is 5.56 Å². The zero-order valence-electron chi connectivity index (χ0n) is 15.0. The highest BCUT2D eigenvalue weighted by atomic mass is 16.6. The largest absolute Gasteiger partial charge is 0.495 e. The van der Waals surface area contributed by atoms with Crippen molar-refractivity contribution in [3.8, 4) is 17.2 Å². The minimum Gasteiger partial charge on any atom is -0.495 e. The van der Waals surface area contributed by atoms with Crippen molar-refractivity contribution in [1.29, 1.82) is 0 Å². The van der Waals surface area contributed by atoms with Gasteiger partial charge in [0.2, 0.25) is 0 Å². The van der Waals surface area contributed by atoms with E-state index in [0.29, 0.717) is 29.5 Å². The minimum absolute atomic E-state index is 0.220. The van der Waals surface area contributed by atoms with Gasteiger partial charge in [-0.1, -0.05) is 17.3 Å². The molecule has 0 radical (unpaired) electrons. The van der Waals surface area contributed by atoms with Crippen LogP contribution in [0.2, 0.25) is 0 Å². The molecule has 2 aromatic carbocycles. The van der Waals surface area contributed by atoms with Gasteiger partial charge in [-0.3, -0.25) is 4.79 Å². The number of methoxy groups -OCH3 is 2. The lowest BCUT2D eigenvalue weighted by molar-refractivity contribution is -0.120. The molecule has 0 aliphatic heterocycles. The van der Waals surface area contributed by atoms with Gasteiger partial charge in [0.15, 0.2) is 18.1 Å². The predicted molar refractivity (Wildman–Crippen MR) is 99.3 cm³/mol. The Morgan fingerprint density at radius 3 is 2.58 bits per heavy atom. The van der Waals surface area contributed by atoms with Crippen LogP contribution in [0.25, 0.3) is 0 Å². The predicted octanol–water partition coefficient (Wildman–Crippen LogP) is 3.09. The lowest BCUT2D eigenvalue weighted by Crippen LogP contribution is -2.17. The monoisotopic (exact) mass is 358 g/mol. The Balaban J connectivity index is 1.87. The van der Waals surface area contributed by atoms with E-state index in [1.807, 2.05) is 19.1 Å². The smallest absolute Gasteiger partial charge is 0.265 e. The van der Waals surface area contributed by atoms with E-state index >= 15 is 0 Å². The van der Waals surface area contributed by atoms with Crippen LogP contribution in [0, 0.1) is 0 Å². The van der Waals surface area contributed by atoms with E-state index in [2.05, 4.69) is 10.5 Å². The van der Waals surface area contributed by atoms with Gasteiger partial charge in [0.05, 0.1) is 32.7 Å². The van der Waals surface area contributed by atoms with Crippen LogP contribution >= 0.6 is 0 Å². The summed E-state index contributed by atoms with van der Waals surface area (Å²) in [6.45, 7) is 2.23. The van der Waals surface area contributed by atoms with Gasteiger partial charge >= 0.3 is 0 Å². The number of amides is 1. The second kappa shape index (κ2) is 9.93. The second-order valence-corrected chi connectivity index (χ2v) is 5.10. The number of anilines is 1. The van der Waals surface area contributed by atoms with Crippen molar-refractivity contribution < 1.29 is 23.8 Å². The molecule has 0 aromatic heterocycles. The summed E-state index contributed by atoms with van der Waals surface area (Å²) >= 11 is 0. The van der Waals surface area contributed by atoms with Gasteiger partial charge in [-0.2, -0.15) is 0 Å². The molecular formula is C19H22N2O5. The molecule has 0 spiro atoms. The summed E-state index contributed by atoms with van der Waals surface area (Å²) in [6, 6.07) is 12.5. The lowest BCUT2D eigenvalue weighted by Gasteiger charge is -2.09. The first-order valence-electron chi connectivity index (χ1n) is 8.07. The summed E-state index contributed by atoms with van der Waals surface area (Å²) in [6.07, 6.45) is 1.49. The molecule has 1 N–H and O–H groups in total. The Hall–Kier alpha value is -3.22. The van der Waals surface area contributed by atoms with Gasteiger partial charge in [-0.05, 0) is 37.3 Å². The number of nitrogens with one attached hydrogen (secondary N) is 1. The first kappa shape index (κ1) is 19.1. The highest BCUT2D eigenvalue weighted by molar-refractivity contribution is 5.93. The zero-order valence-corrected chi connectivity index (χ0v) is 15.0. The number of hydrogen-bond acceptors (Lipinski definition) is 6. The quantitative estimate of drug-likeness (QED) is 0.550. The number of nitrogens with zero attached hydrogens (tertiary/aromatic N) is 1. The average molecular weight is 358 g/mol. The van der Waals surface area contributed by atoms with Crippen LogP contribution in [0.4, 0.5) is 5.69 Å². The fourth-order valence-electron chi connectivity index (χ4n) is 2.17. The molecular weight excluding hydrogens is 336 g/mol. The van der Waals surface area contributed by atoms with Crippen molar-refractivity contribution in [2.75, 3.05) is 32.8 Å². The molecule has 7 heteroatoms. The number of carbonyl (C=O) groups excluding carboxylic acids is 1. The highest BCUT2D eigenvalue weighted by Gasteiger charge is 2.07. The fourth-order valence-corrected chi connectivity index (χ4v) is 2.17. The van der Waals surface area contributed by atoms with E-state index in [-0.39, 0.29) is 12.5 Å². The third-order valence-corrected chi connectivity index (χ3v) is 3.34. The normalized spacial score (nSPS) is 10.4. The van der Waals surface area contributed by atoms with E-state index in [1.54, 1.807) is 37.4 Å². The van der Waals surface area contributed by atoms with Crippen LogP contribution in [-0.4, -0.2) is 39.6 Å². The molecule has 2 aromatic rings. The number of para-hydroxylation sites is 2. The first-order valence-corrected chi connectivity index (χ1v) is 8.07. The molecule has 1 amide bonds. The van der Waals surface area contributed by atoms with Crippen LogP contribution in [-0.2, 0) is 9.63 Å². The summed E-state index contributed by atoms with van der Waals surface area (Å²) in [5.41, 5.74) is 1.33. The van der Waals surface area contributed by atoms with Crippen molar-refractivity contribution in [2.24, 2.45) is 5.16 Å². The number of ether oxygens (including phenoxy) is 3. The maximum atomic E-state index is 11.9. The topological polar surface area (TPSA) is 78.4 Å². The zero-order chi connectivity index (χ0) is 18.8. The molecule has 0 saturated carbocycles. The lowest BCUT2D eigenvalue weighted by atomic mass is 10.2. The van der Waals surface area contributed by atoms with E-state index < -0.39 is 0 Å². The SMILES string of the molecule is CCOc1ccc(C=NOCC(=O)Nc2ccccc2OC)cc1OC. The maximum Gasteiger partial charge on any atom is 0.265 e. The third kappa shape index (κ3) is 5.41. The van der Waals surface area contributed by atoms with Crippen molar-refractivity contribution in [3.63, 3.8) is 0 Å². The number of carbonyl (C=O) groups is 1. The molecule has 0 saturated heterocycles. The summed E-state index contributed by atoms with van der Waals surface area (Å²) in [4.78, 5) is 16.9. The van der Waals surface area contributed by atoms with Crippen LogP contribution in [0.5, 0.6) is 17.2 Å². The van der Waals surface area contributed by atoms with Crippen LogP contribution in [0.1, 0.15) is 12.5 Å². The highest BCUT2D eigenvalue weighted by Crippen LogP contribution is 2.27. The molecule has 0 unspecified atom stereocenters. The molecule has 7 nitrogen and oxygen atoms in total. The Morgan fingerprint density at radius 1 is 1.08 bits per heavy atom. The molecule has 26 heavy (non-hydrogen) atoms. The Morgan fingerprint density at radius 2 is 1.85 bits per heavy atom. The van der Waals surface area contributed by atoms with Gasteiger partial charge in [0.1, 0.15) is 5.75 Å². The summed E-state index contributed by atoms with van der Waals surface area (Å²) in [5, 5.41) is 6.50. The van der Waals surface area contributed by atoms with Crippen molar-refractivity contribution >= 4 is 17.8 Å². The maximum absolute atomic E-state index is 11.9.